The smallest absolute Gasteiger partial charge is 0.224 e. The van der Waals surface area contributed by atoms with Gasteiger partial charge in [-0.3, -0.25) is 0 Å². The first-order valence-corrected chi connectivity index (χ1v) is 8.27. The van der Waals surface area contributed by atoms with Gasteiger partial charge in [-0.25, -0.2) is 4.98 Å². The molecule has 0 bridgehead atoms. The first kappa shape index (κ1) is 15.0. The first-order valence-electron chi connectivity index (χ1n) is 8.27. The van der Waals surface area contributed by atoms with Gasteiger partial charge in [-0.15, -0.1) is 0 Å². The van der Waals surface area contributed by atoms with Gasteiger partial charge in [-0.2, -0.15) is 10.2 Å². The van der Waals surface area contributed by atoms with Gasteiger partial charge in [0, 0.05) is 19.1 Å². The lowest BCUT2D eigenvalue weighted by atomic mass is 9.94. The number of hydrogen-bond donors (Lipinski definition) is 2. The molecule has 0 aromatic carbocycles. The topological polar surface area (TPSA) is 90.9 Å². The second-order valence-electron chi connectivity index (χ2n) is 6.43. The van der Waals surface area contributed by atoms with E-state index >= 15 is 0 Å². The summed E-state index contributed by atoms with van der Waals surface area (Å²) in [5, 5.41) is 12.1. The number of nitrogen functional groups attached to an aromatic ring is 1. The van der Waals surface area contributed by atoms with Crippen LogP contribution in [0.15, 0.2) is 6.20 Å². The molecule has 6 nitrogen and oxygen atoms in total. The molecule has 1 saturated heterocycles. The van der Waals surface area contributed by atoms with Crippen molar-refractivity contribution in [1.29, 1.82) is 5.26 Å². The van der Waals surface area contributed by atoms with Crippen molar-refractivity contribution in [3.05, 3.63) is 11.8 Å². The van der Waals surface area contributed by atoms with Crippen molar-refractivity contribution >= 4 is 11.8 Å². The minimum Gasteiger partial charge on any atom is -0.382 e. The Morgan fingerprint density at radius 2 is 2.14 bits per heavy atom. The van der Waals surface area contributed by atoms with Crippen LogP contribution in [-0.4, -0.2) is 40.5 Å². The number of nitrogens with one attached hydrogen (secondary N) is 1. The summed E-state index contributed by atoms with van der Waals surface area (Å²) >= 11 is 0. The Balaban J connectivity index is 1.48. The lowest BCUT2D eigenvalue weighted by Crippen LogP contribution is -2.35. The summed E-state index contributed by atoms with van der Waals surface area (Å²) in [6.45, 7) is 3.26. The van der Waals surface area contributed by atoms with E-state index in [0.717, 1.165) is 12.6 Å². The lowest BCUT2D eigenvalue weighted by molar-refractivity contribution is 0.186. The van der Waals surface area contributed by atoms with Crippen molar-refractivity contribution in [2.24, 2.45) is 5.92 Å². The Labute approximate surface area is 131 Å². The van der Waals surface area contributed by atoms with Crippen LogP contribution < -0.4 is 11.1 Å². The number of nitrogens with two attached hydrogens (primary N) is 1. The van der Waals surface area contributed by atoms with Crippen LogP contribution in [0.3, 0.4) is 0 Å². The summed E-state index contributed by atoms with van der Waals surface area (Å²) in [5.41, 5.74) is 6.04. The van der Waals surface area contributed by atoms with Gasteiger partial charge >= 0.3 is 0 Å². The van der Waals surface area contributed by atoms with Crippen molar-refractivity contribution in [1.82, 2.24) is 14.9 Å². The van der Waals surface area contributed by atoms with Crippen molar-refractivity contribution < 1.29 is 0 Å². The zero-order chi connectivity index (χ0) is 15.4. The molecule has 0 radical (unpaired) electrons. The molecule has 3 rings (SSSR count). The average Bonchev–Trinajstić information content (AvgIpc) is 3.03. The number of rotatable bonds is 4. The molecule has 22 heavy (non-hydrogen) atoms. The molecule has 1 aromatic heterocycles. The zero-order valence-corrected chi connectivity index (χ0v) is 13.0. The van der Waals surface area contributed by atoms with E-state index in [4.69, 9.17) is 11.0 Å². The van der Waals surface area contributed by atoms with Crippen LogP contribution in [-0.2, 0) is 0 Å². The van der Waals surface area contributed by atoms with Gasteiger partial charge in [-0.1, -0.05) is 19.3 Å². The van der Waals surface area contributed by atoms with E-state index in [-0.39, 0.29) is 5.82 Å². The van der Waals surface area contributed by atoms with Crippen LogP contribution in [0, 0.1) is 17.2 Å². The second kappa shape index (κ2) is 6.93. The minimum atomic E-state index is 0.246. The molecule has 0 amide bonds. The highest BCUT2D eigenvalue weighted by Gasteiger charge is 2.28. The van der Waals surface area contributed by atoms with Gasteiger partial charge < -0.3 is 16.0 Å². The molecule has 6 heteroatoms. The van der Waals surface area contributed by atoms with Gasteiger partial charge in [0.2, 0.25) is 5.95 Å². The van der Waals surface area contributed by atoms with E-state index in [1.54, 1.807) is 0 Å². The van der Waals surface area contributed by atoms with Crippen molar-refractivity contribution in [2.45, 2.75) is 44.6 Å². The van der Waals surface area contributed by atoms with Gasteiger partial charge in [-0.05, 0) is 31.7 Å². The highest BCUT2D eigenvalue weighted by Crippen LogP contribution is 2.27. The Bertz CT molecular complexity index is 546. The van der Waals surface area contributed by atoms with Gasteiger partial charge in [0.25, 0.3) is 0 Å². The molecule has 3 N–H and O–H groups in total. The Kier molecular flexibility index (Phi) is 4.74. The third-order valence-corrected chi connectivity index (χ3v) is 4.90. The Morgan fingerprint density at radius 3 is 2.86 bits per heavy atom. The van der Waals surface area contributed by atoms with E-state index in [9.17, 15) is 0 Å². The van der Waals surface area contributed by atoms with E-state index < -0.39 is 0 Å². The number of nitriles is 1. The second-order valence-corrected chi connectivity index (χ2v) is 6.43. The molecule has 1 atom stereocenters. The average molecular weight is 300 g/mol. The maximum atomic E-state index is 8.83. The third kappa shape index (κ3) is 3.47. The molecular weight excluding hydrogens is 276 g/mol. The fourth-order valence-corrected chi connectivity index (χ4v) is 3.61. The standard InChI is InChI=1S/C16H24N6/c17-8-13-10-20-16(21-15(13)18)19-9-12-6-7-22(11-12)14-4-2-1-3-5-14/h10,12,14H,1-7,9,11H2,(H3,18,19,20,21)/t12-/m1/s1. The summed E-state index contributed by atoms with van der Waals surface area (Å²) in [6.07, 6.45) is 9.64. The highest BCUT2D eigenvalue weighted by atomic mass is 15.2. The minimum absolute atomic E-state index is 0.246. The first-order chi connectivity index (χ1) is 10.8. The van der Waals surface area contributed by atoms with Crippen molar-refractivity contribution in [3.8, 4) is 6.07 Å². The largest absolute Gasteiger partial charge is 0.382 e. The molecular formula is C16H24N6. The van der Waals surface area contributed by atoms with Crippen LogP contribution in [0.25, 0.3) is 0 Å². The Hall–Kier alpha value is -1.87. The summed E-state index contributed by atoms with van der Waals surface area (Å²) in [6, 6.07) is 2.78. The Morgan fingerprint density at radius 1 is 1.32 bits per heavy atom. The summed E-state index contributed by atoms with van der Waals surface area (Å²) in [7, 11) is 0. The predicted octanol–water partition coefficient (Wildman–Crippen LogP) is 2.00. The fraction of sp³-hybridized carbons (Fsp3) is 0.688. The summed E-state index contributed by atoms with van der Waals surface area (Å²) in [4.78, 5) is 10.9. The van der Waals surface area contributed by atoms with Crippen molar-refractivity contribution in [3.63, 3.8) is 0 Å². The van der Waals surface area contributed by atoms with E-state index in [1.165, 1.54) is 57.8 Å². The van der Waals surface area contributed by atoms with Crippen LogP contribution in [0.5, 0.6) is 0 Å². The monoisotopic (exact) mass is 300 g/mol. The van der Waals surface area contributed by atoms with Gasteiger partial charge in [0.15, 0.2) is 0 Å². The highest BCUT2D eigenvalue weighted by molar-refractivity contribution is 5.49. The predicted molar refractivity (Wildman–Crippen MR) is 86.2 cm³/mol. The van der Waals surface area contributed by atoms with E-state index in [0.29, 0.717) is 17.4 Å². The molecule has 2 fully saturated rings. The summed E-state index contributed by atoms with van der Waals surface area (Å²) in [5.74, 6) is 1.41. The number of hydrogen-bond acceptors (Lipinski definition) is 6. The normalized spacial score (nSPS) is 23.3. The van der Waals surface area contributed by atoms with Crippen LogP contribution in [0.1, 0.15) is 44.1 Å². The lowest BCUT2D eigenvalue weighted by Gasteiger charge is -2.31. The third-order valence-electron chi connectivity index (χ3n) is 4.90. The molecule has 2 aliphatic rings. The summed E-state index contributed by atoms with van der Waals surface area (Å²) < 4.78 is 0. The van der Waals surface area contributed by atoms with E-state index in [2.05, 4.69) is 20.2 Å². The van der Waals surface area contributed by atoms with Crippen molar-refractivity contribution in [2.75, 3.05) is 30.7 Å². The number of anilines is 2. The fourth-order valence-electron chi connectivity index (χ4n) is 3.61. The molecule has 2 heterocycles. The zero-order valence-electron chi connectivity index (χ0n) is 13.0. The van der Waals surface area contributed by atoms with Gasteiger partial charge in [0.05, 0.1) is 6.20 Å². The molecule has 118 valence electrons. The molecule has 1 aromatic rings. The number of aromatic nitrogens is 2. The maximum absolute atomic E-state index is 8.83. The molecule has 0 unspecified atom stereocenters. The van der Waals surface area contributed by atoms with Crippen LogP contribution in [0.2, 0.25) is 0 Å². The number of nitrogens with zero attached hydrogens (tertiary/aromatic N) is 4. The van der Waals surface area contributed by atoms with Crippen LogP contribution in [0.4, 0.5) is 11.8 Å². The molecule has 0 spiro atoms. The number of likely N-dealkylation sites (tertiary alicyclic amines) is 1. The van der Waals surface area contributed by atoms with Crippen LogP contribution >= 0.6 is 0 Å². The molecule has 1 saturated carbocycles. The van der Waals surface area contributed by atoms with Gasteiger partial charge in [0.1, 0.15) is 17.5 Å². The molecule has 1 aliphatic heterocycles. The molecule has 1 aliphatic carbocycles. The SMILES string of the molecule is N#Cc1cnc(NC[C@H]2CCN(C3CCCCC3)C2)nc1N. The van der Waals surface area contributed by atoms with E-state index in [1.807, 2.05) is 6.07 Å². The quantitative estimate of drug-likeness (QED) is 0.883. The maximum Gasteiger partial charge on any atom is 0.224 e.